The highest BCUT2D eigenvalue weighted by Crippen LogP contribution is 2.31. The van der Waals surface area contributed by atoms with E-state index in [-0.39, 0.29) is 13.6 Å². The maximum absolute atomic E-state index is 12.6. The van der Waals surface area contributed by atoms with Gasteiger partial charge in [-0.15, -0.1) is 0 Å². The van der Waals surface area contributed by atoms with Gasteiger partial charge in [-0.2, -0.15) is 12.6 Å². The summed E-state index contributed by atoms with van der Waals surface area (Å²) in [5, 5.41) is 0. The largest absolute Gasteiger partial charge is 0.467 e. The SMILES string of the molecule is COCOc1cc(CS)c(C(=O)OCC[Si](C)(C)C)c(OCOC)c1. The summed E-state index contributed by atoms with van der Waals surface area (Å²) < 4.78 is 26.3. The summed E-state index contributed by atoms with van der Waals surface area (Å²) in [6.07, 6.45) is 0. The molecule has 0 saturated heterocycles. The van der Waals surface area contributed by atoms with Gasteiger partial charge in [-0.1, -0.05) is 19.6 Å². The second-order valence-electron chi connectivity index (χ2n) is 6.66. The topological polar surface area (TPSA) is 63.2 Å². The van der Waals surface area contributed by atoms with Crippen LogP contribution in [-0.4, -0.2) is 48.5 Å². The molecule has 0 N–H and O–H groups in total. The van der Waals surface area contributed by atoms with Gasteiger partial charge >= 0.3 is 5.97 Å². The highest BCUT2D eigenvalue weighted by molar-refractivity contribution is 7.79. The van der Waals surface area contributed by atoms with Crippen molar-refractivity contribution in [2.75, 3.05) is 34.4 Å². The van der Waals surface area contributed by atoms with Crippen molar-refractivity contribution in [3.63, 3.8) is 0 Å². The molecule has 8 heteroatoms. The molecule has 0 aliphatic carbocycles. The smallest absolute Gasteiger partial charge is 0.342 e. The van der Waals surface area contributed by atoms with Crippen molar-refractivity contribution in [2.45, 2.75) is 31.4 Å². The highest BCUT2D eigenvalue weighted by Gasteiger charge is 2.22. The number of methoxy groups -OCH3 is 2. The second kappa shape index (κ2) is 10.7. The molecular formula is C17H28O6SSi. The van der Waals surface area contributed by atoms with Gasteiger partial charge in [0.1, 0.15) is 17.1 Å². The normalized spacial score (nSPS) is 11.3. The Morgan fingerprint density at radius 1 is 1.08 bits per heavy atom. The first-order valence-corrected chi connectivity index (χ1v) is 12.3. The highest BCUT2D eigenvalue weighted by atomic mass is 32.1. The summed E-state index contributed by atoms with van der Waals surface area (Å²) in [4.78, 5) is 12.6. The maximum atomic E-state index is 12.6. The lowest BCUT2D eigenvalue weighted by molar-refractivity contribution is 0.0416. The Morgan fingerprint density at radius 2 is 1.72 bits per heavy atom. The van der Waals surface area contributed by atoms with Crippen molar-refractivity contribution < 1.29 is 28.5 Å². The molecule has 0 atom stereocenters. The Kier molecular flexibility index (Phi) is 9.34. The number of rotatable bonds is 11. The monoisotopic (exact) mass is 388 g/mol. The van der Waals surface area contributed by atoms with Crippen molar-refractivity contribution in [3.05, 3.63) is 23.3 Å². The molecule has 25 heavy (non-hydrogen) atoms. The minimum absolute atomic E-state index is 0.00886. The molecule has 0 spiro atoms. The summed E-state index contributed by atoms with van der Waals surface area (Å²) >= 11 is 4.31. The average Bonchev–Trinajstić information content (AvgIpc) is 2.56. The lowest BCUT2D eigenvalue weighted by atomic mass is 10.1. The number of hydrogen-bond donors (Lipinski definition) is 1. The summed E-state index contributed by atoms with van der Waals surface area (Å²) in [5.41, 5.74) is 1.02. The van der Waals surface area contributed by atoms with Crippen LogP contribution in [0.5, 0.6) is 11.5 Å². The van der Waals surface area contributed by atoms with Crippen molar-refractivity contribution in [2.24, 2.45) is 0 Å². The molecule has 0 aliphatic heterocycles. The van der Waals surface area contributed by atoms with Gasteiger partial charge in [0, 0.05) is 34.1 Å². The fraction of sp³-hybridized carbons (Fsp3) is 0.588. The van der Waals surface area contributed by atoms with Gasteiger partial charge in [-0.25, -0.2) is 4.79 Å². The van der Waals surface area contributed by atoms with Gasteiger partial charge in [-0.3, -0.25) is 0 Å². The molecule has 0 aliphatic rings. The molecule has 0 heterocycles. The lowest BCUT2D eigenvalue weighted by Crippen LogP contribution is -2.23. The van der Waals surface area contributed by atoms with Crippen LogP contribution in [0.25, 0.3) is 0 Å². The van der Waals surface area contributed by atoms with E-state index in [0.29, 0.717) is 35.0 Å². The van der Waals surface area contributed by atoms with Gasteiger partial charge in [0.25, 0.3) is 0 Å². The fourth-order valence-electron chi connectivity index (χ4n) is 1.97. The van der Waals surface area contributed by atoms with Crippen LogP contribution < -0.4 is 9.47 Å². The van der Waals surface area contributed by atoms with Crippen LogP contribution in [0.2, 0.25) is 25.7 Å². The molecule has 1 rings (SSSR count). The molecule has 142 valence electrons. The molecular weight excluding hydrogens is 360 g/mol. The van der Waals surface area contributed by atoms with Crippen LogP contribution in [-0.2, 0) is 20.0 Å². The van der Waals surface area contributed by atoms with Crippen LogP contribution in [0.3, 0.4) is 0 Å². The van der Waals surface area contributed by atoms with Gasteiger partial charge in [0.15, 0.2) is 13.6 Å². The van der Waals surface area contributed by atoms with Crippen molar-refractivity contribution in [1.82, 2.24) is 0 Å². The lowest BCUT2D eigenvalue weighted by Gasteiger charge is -2.18. The van der Waals surface area contributed by atoms with Gasteiger partial charge in [0.2, 0.25) is 0 Å². The Morgan fingerprint density at radius 3 is 2.28 bits per heavy atom. The molecule has 0 aromatic heterocycles. The predicted molar refractivity (Wildman–Crippen MR) is 103 cm³/mol. The summed E-state index contributed by atoms with van der Waals surface area (Å²) in [7, 11) is 1.76. The van der Waals surface area contributed by atoms with E-state index in [1.807, 2.05) is 0 Å². The van der Waals surface area contributed by atoms with Crippen LogP contribution in [0.15, 0.2) is 12.1 Å². The van der Waals surface area contributed by atoms with Gasteiger partial charge < -0.3 is 23.7 Å². The molecule has 0 radical (unpaired) electrons. The van der Waals surface area contributed by atoms with Gasteiger partial charge in [-0.05, 0) is 17.7 Å². The summed E-state index contributed by atoms with van der Waals surface area (Å²) in [5.74, 6) is 0.784. The minimum atomic E-state index is -1.28. The molecule has 6 nitrogen and oxygen atoms in total. The van der Waals surface area contributed by atoms with Crippen molar-refractivity contribution in [1.29, 1.82) is 0 Å². The molecule has 0 fully saturated rings. The number of carbonyl (C=O) groups is 1. The predicted octanol–water partition coefficient (Wildman–Crippen LogP) is 3.58. The third-order valence-electron chi connectivity index (χ3n) is 3.29. The first kappa shape index (κ1) is 21.8. The zero-order valence-electron chi connectivity index (χ0n) is 15.6. The average molecular weight is 389 g/mol. The molecule has 1 aromatic rings. The standard InChI is InChI=1S/C17H28O6SSi/c1-19-11-22-14-8-13(10-24)16(15(9-14)23-12-20-2)17(18)21-6-7-25(3,4)5/h8-9,24H,6-7,10-12H2,1-5H3. The Labute approximate surface area is 156 Å². The zero-order chi connectivity index (χ0) is 18.9. The number of carbonyl (C=O) groups excluding carboxylic acids is 1. The number of thiol groups is 1. The Bertz CT molecular complexity index is 559. The molecule has 0 amide bonds. The fourth-order valence-corrected chi connectivity index (χ4v) is 2.93. The number of benzene rings is 1. The third kappa shape index (κ3) is 7.68. The van der Waals surface area contributed by atoms with E-state index in [1.165, 1.54) is 14.2 Å². The second-order valence-corrected chi connectivity index (χ2v) is 12.6. The Hall–Kier alpha value is -1.22. The van der Waals surface area contributed by atoms with Crippen LogP contribution in [0, 0.1) is 0 Å². The van der Waals surface area contributed by atoms with E-state index in [4.69, 9.17) is 23.7 Å². The first-order chi connectivity index (χ1) is 11.8. The van der Waals surface area contributed by atoms with Crippen molar-refractivity contribution >= 4 is 26.7 Å². The van der Waals surface area contributed by atoms with E-state index in [0.717, 1.165) is 6.04 Å². The van der Waals surface area contributed by atoms with Crippen LogP contribution in [0.1, 0.15) is 15.9 Å². The maximum Gasteiger partial charge on any atom is 0.342 e. The molecule has 0 saturated carbocycles. The number of esters is 1. The van der Waals surface area contributed by atoms with E-state index in [2.05, 4.69) is 32.3 Å². The minimum Gasteiger partial charge on any atom is -0.467 e. The third-order valence-corrected chi connectivity index (χ3v) is 5.34. The van der Waals surface area contributed by atoms with E-state index < -0.39 is 14.0 Å². The van der Waals surface area contributed by atoms with E-state index >= 15 is 0 Å². The molecule has 0 unspecified atom stereocenters. The molecule has 1 aromatic carbocycles. The van der Waals surface area contributed by atoms with Gasteiger partial charge in [0.05, 0.1) is 6.61 Å². The van der Waals surface area contributed by atoms with Crippen LogP contribution in [0.4, 0.5) is 0 Å². The zero-order valence-corrected chi connectivity index (χ0v) is 17.5. The summed E-state index contributed by atoms with van der Waals surface area (Å²) in [6, 6.07) is 4.26. The quantitative estimate of drug-likeness (QED) is 0.271. The number of ether oxygens (including phenoxy) is 5. The summed E-state index contributed by atoms with van der Waals surface area (Å²) in [6.45, 7) is 7.19. The number of hydrogen-bond acceptors (Lipinski definition) is 7. The van der Waals surface area contributed by atoms with E-state index in [9.17, 15) is 4.79 Å². The Balaban J connectivity index is 3.05. The molecule has 0 bridgehead atoms. The van der Waals surface area contributed by atoms with E-state index in [1.54, 1.807) is 12.1 Å². The van der Waals surface area contributed by atoms with Crippen LogP contribution >= 0.6 is 12.6 Å². The van der Waals surface area contributed by atoms with Crippen molar-refractivity contribution in [3.8, 4) is 11.5 Å². The first-order valence-electron chi connectivity index (χ1n) is 8.00.